The van der Waals surface area contributed by atoms with Crippen LogP contribution in [0.15, 0.2) is 53.6 Å². The third-order valence-corrected chi connectivity index (χ3v) is 3.81. The van der Waals surface area contributed by atoms with Crippen LogP contribution in [0.3, 0.4) is 0 Å². The first kappa shape index (κ1) is 15.0. The molecule has 2 aromatic carbocycles. The maximum absolute atomic E-state index is 13.0. The maximum Gasteiger partial charge on any atom is 0.123 e. The molecule has 22 heavy (non-hydrogen) atoms. The average Bonchev–Trinajstić information content (AvgIpc) is 2.98. The molecule has 0 spiro atoms. The van der Waals surface area contributed by atoms with E-state index in [1.54, 1.807) is 24.3 Å². The summed E-state index contributed by atoms with van der Waals surface area (Å²) < 4.78 is 13.0. The Balaban J connectivity index is 1.64. The molecule has 3 rings (SSSR count). The van der Waals surface area contributed by atoms with Crippen molar-refractivity contribution in [2.75, 3.05) is 12.0 Å². The van der Waals surface area contributed by atoms with Gasteiger partial charge >= 0.3 is 0 Å². The molecule has 3 N–H and O–H groups in total. The van der Waals surface area contributed by atoms with Crippen LogP contribution in [0.5, 0.6) is 0 Å². The number of benzene rings is 2. The largest absolute Gasteiger partial charge is 0.279 e. The Morgan fingerprint density at radius 2 is 1.86 bits per heavy atom. The normalized spacial score (nSPS) is 21.4. The zero-order valence-corrected chi connectivity index (χ0v) is 12.5. The molecule has 2 aromatic rings. The predicted octanol–water partition coefficient (Wildman–Crippen LogP) is 3.34. The van der Waals surface area contributed by atoms with Gasteiger partial charge in [-0.2, -0.15) is 5.10 Å². The molecule has 2 atom stereocenters. The average molecular weight is 319 g/mol. The van der Waals surface area contributed by atoms with E-state index in [2.05, 4.69) is 21.4 Å². The van der Waals surface area contributed by atoms with Crippen molar-refractivity contribution in [3.63, 3.8) is 0 Å². The Morgan fingerprint density at radius 1 is 1.14 bits per heavy atom. The highest BCUT2D eigenvalue weighted by Gasteiger charge is 2.26. The van der Waals surface area contributed by atoms with Gasteiger partial charge in [0.2, 0.25) is 0 Å². The second kappa shape index (κ2) is 6.87. The van der Waals surface area contributed by atoms with E-state index in [0.29, 0.717) is 5.02 Å². The molecule has 0 amide bonds. The van der Waals surface area contributed by atoms with Crippen LogP contribution in [0.4, 0.5) is 10.1 Å². The maximum atomic E-state index is 13.0. The van der Waals surface area contributed by atoms with E-state index in [9.17, 15) is 4.39 Å². The second-order valence-electron chi connectivity index (χ2n) is 5.12. The van der Waals surface area contributed by atoms with Gasteiger partial charge < -0.3 is 0 Å². The van der Waals surface area contributed by atoms with Gasteiger partial charge in [-0.1, -0.05) is 23.7 Å². The minimum absolute atomic E-state index is 0.0661. The third-order valence-electron chi connectivity index (χ3n) is 3.56. The minimum Gasteiger partial charge on any atom is -0.279 e. The first-order valence-corrected chi connectivity index (χ1v) is 7.39. The Bertz CT molecular complexity index is 642. The molecular weight excluding hydrogens is 303 g/mol. The van der Waals surface area contributed by atoms with Crippen LogP contribution in [0.2, 0.25) is 5.02 Å². The molecule has 0 saturated carbocycles. The fourth-order valence-electron chi connectivity index (χ4n) is 2.38. The number of hydrogen-bond acceptors (Lipinski definition) is 4. The van der Waals surface area contributed by atoms with Gasteiger partial charge in [-0.05, 0) is 42.0 Å². The van der Waals surface area contributed by atoms with Gasteiger partial charge in [-0.3, -0.25) is 10.9 Å². The summed E-state index contributed by atoms with van der Waals surface area (Å²) in [7, 11) is 0. The number of hydrogen-bond donors (Lipinski definition) is 3. The van der Waals surface area contributed by atoms with Gasteiger partial charge in [0.05, 0.1) is 11.7 Å². The Hall–Kier alpha value is -1.95. The van der Waals surface area contributed by atoms with Crippen LogP contribution < -0.4 is 16.3 Å². The number of anilines is 1. The van der Waals surface area contributed by atoms with Crippen LogP contribution in [0, 0.1) is 11.7 Å². The number of halogens is 2. The third kappa shape index (κ3) is 3.62. The van der Waals surface area contributed by atoms with E-state index in [4.69, 9.17) is 11.6 Å². The number of hydrazone groups is 1. The van der Waals surface area contributed by atoms with Gasteiger partial charge in [-0.25, -0.2) is 9.82 Å². The van der Waals surface area contributed by atoms with Gasteiger partial charge in [0, 0.05) is 23.7 Å². The van der Waals surface area contributed by atoms with E-state index in [1.165, 1.54) is 12.1 Å². The van der Waals surface area contributed by atoms with E-state index in [1.807, 2.05) is 18.3 Å². The Labute approximate surface area is 133 Å². The molecule has 1 aliphatic heterocycles. The summed E-state index contributed by atoms with van der Waals surface area (Å²) in [5.41, 5.74) is 11.2. The Morgan fingerprint density at radius 3 is 2.59 bits per heavy atom. The summed E-state index contributed by atoms with van der Waals surface area (Å²) in [6.07, 6.45) is 1.86. The first-order chi connectivity index (χ1) is 10.7. The molecule has 1 aliphatic rings. The molecule has 1 heterocycles. The van der Waals surface area contributed by atoms with Crippen LogP contribution in [0.1, 0.15) is 11.6 Å². The molecule has 0 aromatic heterocycles. The van der Waals surface area contributed by atoms with Gasteiger partial charge in [0.1, 0.15) is 5.82 Å². The van der Waals surface area contributed by atoms with Crippen molar-refractivity contribution in [2.24, 2.45) is 11.0 Å². The van der Waals surface area contributed by atoms with Crippen molar-refractivity contribution in [1.29, 1.82) is 0 Å². The molecule has 114 valence electrons. The summed E-state index contributed by atoms with van der Waals surface area (Å²) >= 11 is 5.84. The van der Waals surface area contributed by atoms with Crippen molar-refractivity contribution < 1.29 is 4.39 Å². The Kier molecular flexibility index (Phi) is 4.68. The standard InChI is InChI=1S/C16H16ClFN4/c17-13-3-7-15(8-4-13)21-19-9-12-10-20-22-16(12)11-1-5-14(18)6-2-11/h1-9,12,16,20-22H,10H2/b19-9+. The highest BCUT2D eigenvalue weighted by atomic mass is 35.5. The molecule has 0 radical (unpaired) electrons. The van der Waals surface area contributed by atoms with Crippen molar-refractivity contribution in [3.05, 3.63) is 64.9 Å². The lowest BCUT2D eigenvalue weighted by Gasteiger charge is -2.15. The van der Waals surface area contributed by atoms with Gasteiger partial charge in [0.15, 0.2) is 0 Å². The molecular formula is C16H16ClFN4. The molecule has 4 nitrogen and oxygen atoms in total. The van der Waals surface area contributed by atoms with E-state index < -0.39 is 0 Å². The molecule has 1 fully saturated rings. The zero-order chi connectivity index (χ0) is 15.4. The number of rotatable bonds is 4. The summed E-state index contributed by atoms with van der Waals surface area (Å²) in [5.74, 6) is -0.0606. The zero-order valence-electron chi connectivity index (χ0n) is 11.8. The smallest absolute Gasteiger partial charge is 0.123 e. The second-order valence-corrected chi connectivity index (χ2v) is 5.55. The summed E-state index contributed by atoms with van der Waals surface area (Å²) in [4.78, 5) is 0. The van der Waals surface area contributed by atoms with Crippen molar-refractivity contribution in [2.45, 2.75) is 6.04 Å². The minimum atomic E-state index is -0.232. The molecule has 1 saturated heterocycles. The van der Waals surface area contributed by atoms with E-state index in [0.717, 1.165) is 17.8 Å². The van der Waals surface area contributed by atoms with Crippen LogP contribution in [-0.2, 0) is 0 Å². The van der Waals surface area contributed by atoms with E-state index in [-0.39, 0.29) is 17.8 Å². The lowest BCUT2D eigenvalue weighted by molar-refractivity contribution is 0.554. The molecule has 0 bridgehead atoms. The highest BCUT2D eigenvalue weighted by Crippen LogP contribution is 2.23. The molecule has 6 heteroatoms. The number of nitrogens with zero attached hydrogens (tertiary/aromatic N) is 1. The monoisotopic (exact) mass is 318 g/mol. The summed E-state index contributed by atoms with van der Waals surface area (Å²) in [6.45, 7) is 0.758. The summed E-state index contributed by atoms with van der Waals surface area (Å²) in [6, 6.07) is 13.9. The SMILES string of the molecule is Fc1ccc(C2NNCC2/C=N/Nc2ccc(Cl)cc2)cc1. The van der Waals surface area contributed by atoms with Crippen LogP contribution >= 0.6 is 11.6 Å². The topological polar surface area (TPSA) is 48.5 Å². The van der Waals surface area contributed by atoms with Crippen molar-refractivity contribution in [3.8, 4) is 0 Å². The van der Waals surface area contributed by atoms with Crippen molar-refractivity contribution in [1.82, 2.24) is 10.9 Å². The molecule has 0 aliphatic carbocycles. The lowest BCUT2D eigenvalue weighted by atomic mass is 9.96. The van der Waals surface area contributed by atoms with E-state index >= 15 is 0 Å². The quantitative estimate of drug-likeness (QED) is 0.598. The van der Waals surface area contributed by atoms with Gasteiger partial charge in [-0.15, -0.1) is 0 Å². The predicted molar refractivity (Wildman–Crippen MR) is 87.3 cm³/mol. The summed E-state index contributed by atoms with van der Waals surface area (Å²) in [5, 5.41) is 4.96. The number of hydrazine groups is 1. The molecule has 2 unspecified atom stereocenters. The van der Waals surface area contributed by atoms with Crippen LogP contribution in [0.25, 0.3) is 0 Å². The lowest BCUT2D eigenvalue weighted by Crippen LogP contribution is -2.25. The number of nitrogens with one attached hydrogen (secondary N) is 3. The fraction of sp³-hybridized carbons (Fsp3) is 0.188. The fourth-order valence-corrected chi connectivity index (χ4v) is 2.51. The highest BCUT2D eigenvalue weighted by molar-refractivity contribution is 6.30. The van der Waals surface area contributed by atoms with Gasteiger partial charge in [0.25, 0.3) is 0 Å². The first-order valence-electron chi connectivity index (χ1n) is 7.01. The van der Waals surface area contributed by atoms with Crippen LogP contribution in [-0.4, -0.2) is 12.8 Å². The van der Waals surface area contributed by atoms with Crippen molar-refractivity contribution >= 4 is 23.5 Å².